The van der Waals surface area contributed by atoms with E-state index in [1.807, 2.05) is 49.4 Å². The normalized spacial score (nSPS) is 13.9. The molecule has 1 fully saturated rings. The summed E-state index contributed by atoms with van der Waals surface area (Å²) in [5.41, 5.74) is 2.85. The van der Waals surface area contributed by atoms with E-state index in [0.29, 0.717) is 17.1 Å². The monoisotopic (exact) mass is 401 g/mol. The first-order valence-corrected chi connectivity index (χ1v) is 9.81. The molecule has 4 rings (SSSR count). The summed E-state index contributed by atoms with van der Waals surface area (Å²) in [5, 5.41) is 8.84. The van der Waals surface area contributed by atoms with E-state index in [0.717, 1.165) is 29.8 Å². The molecule has 0 unspecified atom stereocenters. The molecule has 1 aromatic carbocycles. The summed E-state index contributed by atoms with van der Waals surface area (Å²) in [5.74, 6) is 0.0540. The zero-order chi connectivity index (χ0) is 21.1. The quantitative estimate of drug-likeness (QED) is 0.587. The number of para-hydroxylation sites is 1. The van der Waals surface area contributed by atoms with Crippen LogP contribution in [0.3, 0.4) is 0 Å². The average molecular weight is 401 g/mol. The van der Waals surface area contributed by atoms with Crippen molar-refractivity contribution in [3.63, 3.8) is 0 Å². The SMILES string of the molecule is CNC(=O)c1cnc(Nc2ccccc2C)c(NC(=O)C2(c3ccccn3)CC2)c1. The summed E-state index contributed by atoms with van der Waals surface area (Å²) in [7, 11) is 1.56. The zero-order valence-electron chi connectivity index (χ0n) is 16.9. The van der Waals surface area contributed by atoms with E-state index in [-0.39, 0.29) is 11.8 Å². The second-order valence-corrected chi connectivity index (χ2v) is 7.39. The van der Waals surface area contributed by atoms with Gasteiger partial charge in [0.15, 0.2) is 5.82 Å². The molecule has 2 amide bonds. The lowest BCUT2D eigenvalue weighted by Gasteiger charge is -2.18. The highest BCUT2D eigenvalue weighted by atomic mass is 16.2. The van der Waals surface area contributed by atoms with Gasteiger partial charge in [-0.05, 0) is 49.6 Å². The van der Waals surface area contributed by atoms with Gasteiger partial charge in [0.1, 0.15) is 0 Å². The second-order valence-electron chi connectivity index (χ2n) is 7.39. The van der Waals surface area contributed by atoms with Crippen LogP contribution >= 0.6 is 0 Å². The predicted molar refractivity (Wildman–Crippen MR) is 116 cm³/mol. The van der Waals surface area contributed by atoms with Gasteiger partial charge in [-0.25, -0.2) is 4.98 Å². The van der Waals surface area contributed by atoms with Crippen LogP contribution in [0.5, 0.6) is 0 Å². The number of benzene rings is 1. The number of nitrogens with zero attached hydrogens (tertiary/aromatic N) is 2. The summed E-state index contributed by atoms with van der Waals surface area (Å²) in [6.45, 7) is 1.99. The Bertz CT molecular complexity index is 1090. The van der Waals surface area contributed by atoms with Gasteiger partial charge in [-0.15, -0.1) is 0 Å². The first kappa shape index (κ1) is 19.6. The van der Waals surface area contributed by atoms with Gasteiger partial charge < -0.3 is 16.0 Å². The number of carbonyl (C=O) groups excluding carboxylic acids is 2. The molecule has 7 heteroatoms. The molecule has 0 bridgehead atoms. The van der Waals surface area contributed by atoms with Crippen molar-refractivity contribution < 1.29 is 9.59 Å². The van der Waals surface area contributed by atoms with Crippen LogP contribution in [0.2, 0.25) is 0 Å². The van der Waals surface area contributed by atoms with E-state index in [9.17, 15) is 9.59 Å². The molecule has 0 aliphatic heterocycles. The predicted octanol–water partition coefficient (Wildman–Crippen LogP) is 3.56. The molecule has 3 N–H and O–H groups in total. The fraction of sp³-hybridized carbons (Fsp3) is 0.217. The highest BCUT2D eigenvalue weighted by Crippen LogP contribution is 2.48. The van der Waals surface area contributed by atoms with Crippen LogP contribution in [0.15, 0.2) is 60.9 Å². The Balaban J connectivity index is 1.67. The minimum Gasteiger partial charge on any atom is -0.355 e. The summed E-state index contributed by atoms with van der Waals surface area (Å²) in [6.07, 6.45) is 4.65. The molecule has 3 aromatic rings. The van der Waals surface area contributed by atoms with Gasteiger partial charge in [0.2, 0.25) is 5.91 Å². The van der Waals surface area contributed by atoms with Gasteiger partial charge in [0, 0.05) is 25.1 Å². The van der Waals surface area contributed by atoms with E-state index in [4.69, 9.17) is 0 Å². The molecule has 2 aromatic heterocycles. The maximum absolute atomic E-state index is 13.2. The standard InChI is InChI=1S/C23H23N5O2/c1-15-7-3-4-8-17(15)27-20-18(13-16(14-26-20)21(29)24-2)28-22(30)23(10-11-23)19-9-5-6-12-25-19/h3-9,12-14H,10-11H2,1-2H3,(H,24,29)(H,26,27)(H,28,30). The summed E-state index contributed by atoms with van der Waals surface area (Å²) in [4.78, 5) is 34.1. The third kappa shape index (κ3) is 3.74. The van der Waals surface area contributed by atoms with Gasteiger partial charge in [0.25, 0.3) is 5.91 Å². The molecule has 1 aliphatic carbocycles. The number of anilines is 3. The Labute approximate surface area is 175 Å². The number of aromatic nitrogens is 2. The topological polar surface area (TPSA) is 96.0 Å². The Morgan fingerprint density at radius 3 is 2.43 bits per heavy atom. The second kappa shape index (κ2) is 7.94. The Hall–Kier alpha value is -3.74. The van der Waals surface area contributed by atoms with Crippen molar-refractivity contribution in [3.05, 3.63) is 77.7 Å². The third-order valence-electron chi connectivity index (χ3n) is 5.36. The molecule has 0 radical (unpaired) electrons. The number of pyridine rings is 2. The number of hydrogen-bond donors (Lipinski definition) is 3. The molecule has 30 heavy (non-hydrogen) atoms. The lowest BCUT2D eigenvalue weighted by molar-refractivity contribution is -0.118. The number of hydrogen-bond acceptors (Lipinski definition) is 5. The Kier molecular flexibility index (Phi) is 5.18. The highest BCUT2D eigenvalue weighted by molar-refractivity contribution is 6.04. The lowest BCUT2D eigenvalue weighted by Crippen LogP contribution is -2.29. The number of carbonyl (C=O) groups is 2. The molecule has 0 saturated heterocycles. The van der Waals surface area contributed by atoms with Crippen LogP contribution in [-0.2, 0) is 10.2 Å². The summed E-state index contributed by atoms with van der Waals surface area (Å²) in [6, 6.07) is 15.0. The van der Waals surface area contributed by atoms with Crippen LogP contribution < -0.4 is 16.0 Å². The van der Waals surface area contributed by atoms with Crippen LogP contribution in [0.4, 0.5) is 17.2 Å². The molecule has 0 atom stereocenters. The first-order chi connectivity index (χ1) is 14.5. The van der Waals surface area contributed by atoms with Gasteiger partial charge in [-0.1, -0.05) is 24.3 Å². The number of nitrogens with one attached hydrogen (secondary N) is 3. The molecular weight excluding hydrogens is 378 g/mol. The smallest absolute Gasteiger partial charge is 0.252 e. The number of aryl methyl sites for hydroxylation is 1. The van der Waals surface area contributed by atoms with Crippen LogP contribution in [-0.4, -0.2) is 28.8 Å². The zero-order valence-corrected chi connectivity index (χ0v) is 16.9. The van der Waals surface area contributed by atoms with Crippen molar-refractivity contribution in [2.45, 2.75) is 25.2 Å². The van der Waals surface area contributed by atoms with Crippen molar-refractivity contribution in [2.75, 3.05) is 17.7 Å². The molecule has 7 nitrogen and oxygen atoms in total. The van der Waals surface area contributed by atoms with E-state index >= 15 is 0 Å². The van der Waals surface area contributed by atoms with Crippen LogP contribution in [0.1, 0.15) is 34.5 Å². The molecule has 1 saturated carbocycles. The average Bonchev–Trinajstić information content (AvgIpc) is 3.59. The van der Waals surface area contributed by atoms with Crippen molar-refractivity contribution in [1.82, 2.24) is 15.3 Å². The molecular formula is C23H23N5O2. The van der Waals surface area contributed by atoms with Gasteiger partial charge in [-0.3, -0.25) is 14.6 Å². The van der Waals surface area contributed by atoms with Gasteiger partial charge >= 0.3 is 0 Å². The van der Waals surface area contributed by atoms with Crippen molar-refractivity contribution in [3.8, 4) is 0 Å². The van der Waals surface area contributed by atoms with Crippen LogP contribution in [0, 0.1) is 6.92 Å². The van der Waals surface area contributed by atoms with Crippen molar-refractivity contribution in [2.24, 2.45) is 0 Å². The maximum atomic E-state index is 13.2. The maximum Gasteiger partial charge on any atom is 0.252 e. The van der Waals surface area contributed by atoms with Crippen molar-refractivity contribution in [1.29, 1.82) is 0 Å². The molecule has 152 valence electrons. The van der Waals surface area contributed by atoms with E-state index in [1.54, 1.807) is 19.3 Å². The minimum atomic E-state index is -0.635. The van der Waals surface area contributed by atoms with Crippen molar-refractivity contribution >= 4 is 29.0 Å². The Morgan fingerprint density at radius 2 is 1.77 bits per heavy atom. The van der Waals surface area contributed by atoms with E-state index < -0.39 is 5.41 Å². The van der Waals surface area contributed by atoms with Gasteiger partial charge in [0.05, 0.1) is 22.4 Å². The summed E-state index contributed by atoms with van der Waals surface area (Å²) < 4.78 is 0. The van der Waals surface area contributed by atoms with Crippen LogP contribution in [0.25, 0.3) is 0 Å². The third-order valence-corrected chi connectivity index (χ3v) is 5.36. The number of rotatable bonds is 6. The molecule has 0 spiro atoms. The molecule has 2 heterocycles. The number of amides is 2. The fourth-order valence-corrected chi connectivity index (χ4v) is 3.38. The Morgan fingerprint density at radius 1 is 1.00 bits per heavy atom. The fourth-order valence-electron chi connectivity index (χ4n) is 3.38. The van der Waals surface area contributed by atoms with E-state index in [1.165, 1.54) is 6.20 Å². The summed E-state index contributed by atoms with van der Waals surface area (Å²) >= 11 is 0. The molecule has 1 aliphatic rings. The van der Waals surface area contributed by atoms with Gasteiger partial charge in [-0.2, -0.15) is 0 Å². The first-order valence-electron chi connectivity index (χ1n) is 9.81. The lowest BCUT2D eigenvalue weighted by atomic mass is 10.0. The highest BCUT2D eigenvalue weighted by Gasteiger charge is 2.52. The van der Waals surface area contributed by atoms with E-state index in [2.05, 4.69) is 25.9 Å². The minimum absolute atomic E-state index is 0.148. The largest absolute Gasteiger partial charge is 0.355 e.